The summed E-state index contributed by atoms with van der Waals surface area (Å²) in [5.74, 6) is 2.14. The van der Waals surface area contributed by atoms with Gasteiger partial charge in [0, 0.05) is 4.88 Å². The molecule has 2 aromatic heterocycles. The van der Waals surface area contributed by atoms with Gasteiger partial charge in [0.05, 0.1) is 25.8 Å². The normalized spacial score (nSPS) is 13.8. The van der Waals surface area contributed by atoms with Crippen LogP contribution in [0.3, 0.4) is 0 Å². The topological polar surface area (TPSA) is 68.6 Å². The molecular formula is C19H20N4O2S. The van der Waals surface area contributed by atoms with E-state index in [9.17, 15) is 0 Å². The van der Waals surface area contributed by atoms with Crippen molar-refractivity contribution in [1.29, 1.82) is 0 Å². The number of methoxy groups -OCH3 is 2. The Morgan fingerprint density at radius 2 is 1.96 bits per heavy atom. The number of hydrogen-bond donors (Lipinski definition) is 1. The summed E-state index contributed by atoms with van der Waals surface area (Å²) in [6.07, 6.45) is 8.06. The van der Waals surface area contributed by atoms with Gasteiger partial charge in [-0.3, -0.25) is 5.43 Å². The van der Waals surface area contributed by atoms with Crippen LogP contribution < -0.4 is 14.9 Å². The standard InChI is InChI=1S/C19H20N4O2S/c1-24-14-8-7-12(9-15(14)25-2)10-22-23-18-17-13-5-3-4-6-16(13)26-19(17)21-11-20-18/h7-11H,3-6H2,1-2H3,(H,20,21,23)/b22-10-. The number of anilines is 1. The van der Waals surface area contributed by atoms with Crippen molar-refractivity contribution >= 4 is 33.6 Å². The van der Waals surface area contributed by atoms with Crippen LogP contribution in [0.1, 0.15) is 28.8 Å². The lowest BCUT2D eigenvalue weighted by Crippen LogP contribution is -2.01. The van der Waals surface area contributed by atoms with Gasteiger partial charge in [-0.15, -0.1) is 11.3 Å². The fraction of sp³-hybridized carbons (Fsp3) is 0.316. The van der Waals surface area contributed by atoms with E-state index < -0.39 is 0 Å². The number of aromatic nitrogens is 2. The van der Waals surface area contributed by atoms with Crippen LogP contribution in [0.2, 0.25) is 0 Å². The van der Waals surface area contributed by atoms with Crippen molar-refractivity contribution < 1.29 is 9.47 Å². The molecule has 0 radical (unpaired) electrons. The van der Waals surface area contributed by atoms with Crippen molar-refractivity contribution in [2.45, 2.75) is 25.7 Å². The number of rotatable bonds is 5. The Morgan fingerprint density at radius 3 is 2.81 bits per heavy atom. The third-order valence-corrected chi connectivity index (χ3v) is 5.74. The molecule has 2 heterocycles. The van der Waals surface area contributed by atoms with E-state index in [-0.39, 0.29) is 0 Å². The van der Waals surface area contributed by atoms with E-state index in [4.69, 9.17) is 9.47 Å². The van der Waals surface area contributed by atoms with Crippen LogP contribution in [0.25, 0.3) is 10.2 Å². The van der Waals surface area contributed by atoms with Gasteiger partial charge >= 0.3 is 0 Å². The molecule has 6 nitrogen and oxygen atoms in total. The molecule has 1 aliphatic carbocycles. The van der Waals surface area contributed by atoms with Crippen molar-refractivity contribution in [3.63, 3.8) is 0 Å². The van der Waals surface area contributed by atoms with Crippen LogP contribution in [-0.2, 0) is 12.8 Å². The number of thiophene rings is 1. The second-order valence-corrected chi connectivity index (χ2v) is 7.18. The monoisotopic (exact) mass is 368 g/mol. The molecule has 0 saturated carbocycles. The Hall–Kier alpha value is -2.67. The Balaban J connectivity index is 1.60. The lowest BCUT2D eigenvalue weighted by Gasteiger charge is -2.11. The predicted molar refractivity (Wildman–Crippen MR) is 105 cm³/mol. The molecule has 26 heavy (non-hydrogen) atoms. The number of hydrogen-bond acceptors (Lipinski definition) is 7. The van der Waals surface area contributed by atoms with Gasteiger partial charge in [-0.1, -0.05) is 0 Å². The van der Waals surface area contributed by atoms with E-state index in [0.29, 0.717) is 11.5 Å². The SMILES string of the molecule is COc1ccc(/C=N\Nc2ncnc3sc4c(c23)CCCC4)cc1OC. The smallest absolute Gasteiger partial charge is 0.161 e. The van der Waals surface area contributed by atoms with Gasteiger partial charge in [-0.25, -0.2) is 9.97 Å². The van der Waals surface area contributed by atoms with Gasteiger partial charge in [-0.2, -0.15) is 5.10 Å². The fourth-order valence-electron chi connectivity index (χ4n) is 3.28. The molecular weight excluding hydrogens is 348 g/mol. The lowest BCUT2D eigenvalue weighted by atomic mass is 9.97. The molecule has 0 unspecified atom stereocenters. The third-order valence-electron chi connectivity index (χ3n) is 4.54. The number of benzene rings is 1. The van der Waals surface area contributed by atoms with Gasteiger partial charge < -0.3 is 9.47 Å². The zero-order chi connectivity index (χ0) is 17.9. The molecule has 0 amide bonds. The molecule has 1 N–H and O–H groups in total. The highest BCUT2D eigenvalue weighted by Gasteiger charge is 2.19. The average Bonchev–Trinajstić information content (AvgIpc) is 3.07. The second kappa shape index (κ2) is 7.29. The number of aryl methyl sites for hydroxylation is 2. The number of ether oxygens (including phenoxy) is 2. The third kappa shape index (κ3) is 3.10. The zero-order valence-electron chi connectivity index (χ0n) is 14.8. The van der Waals surface area contributed by atoms with E-state index in [0.717, 1.165) is 34.4 Å². The second-order valence-electron chi connectivity index (χ2n) is 6.10. The van der Waals surface area contributed by atoms with Gasteiger partial charge in [-0.05, 0) is 55.0 Å². The highest BCUT2D eigenvalue weighted by Crippen LogP contribution is 2.38. The first-order chi connectivity index (χ1) is 12.8. The first-order valence-electron chi connectivity index (χ1n) is 8.56. The number of nitrogens with one attached hydrogen (secondary N) is 1. The average molecular weight is 368 g/mol. The molecule has 7 heteroatoms. The minimum absolute atomic E-state index is 0.674. The molecule has 1 aliphatic rings. The summed E-state index contributed by atoms with van der Waals surface area (Å²) < 4.78 is 10.6. The Morgan fingerprint density at radius 1 is 1.12 bits per heavy atom. The molecule has 0 fully saturated rings. The van der Waals surface area contributed by atoms with Crippen molar-refractivity contribution in [2.75, 3.05) is 19.6 Å². The number of hydrazone groups is 1. The summed E-state index contributed by atoms with van der Waals surface area (Å²) in [5, 5.41) is 5.49. The first kappa shape index (κ1) is 16.8. The number of fused-ring (bicyclic) bond motifs is 3. The first-order valence-corrected chi connectivity index (χ1v) is 9.38. The van der Waals surface area contributed by atoms with Gasteiger partial charge in [0.25, 0.3) is 0 Å². The van der Waals surface area contributed by atoms with Gasteiger partial charge in [0.1, 0.15) is 11.2 Å². The zero-order valence-corrected chi connectivity index (χ0v) is 15.6. The summed E-state index contributed by atoms with van der Waals surface area (Å²) in [4.78, 5) is 11.3. The van der Waals surface area contributed by atoms with Gasteiger partial charge in [0.15, 0.2) is 17.3 Å². The molecule has 0 saturated heterocycles. The number of nitrogens with zero attached hydrogens (tertiary/aromatic N) is 3. The maximum atomic E-state index is 5.32. The summed E-state index contributed by atoms with van der Waals surface area (Å²) in [5.41, 5.74) is 5.39. The minimum Gasteiger partial charge on any atom is -0.493 e. The van der Waals surface area contributed by atoms with Crippen molar-refractivity contribution in [2.24, 2.45) is 5.10 Å². The minimum atomic E-state index is 0.674. The maximum Gasteiger partial charge on any atom is 0.161 e. The molecule has 0 aliphatic heterocycles. The fourth-order valence-corrected chi connectivity index (χ4v) is 4.50. The summed E-state index contributed by atoms with van der Waals surface area (Å²) >= 11 is 1.78. The molecule has 0 bridgehead atoms. The lowest BCUT2D eigenvalue weighted by molar-refractivity contribution is 0.355. The van der Waals surface area contributed by atoms with Crippen LogP contribution in [-0.4, -0.2) is 30.4 Å². The van der Waals surface area contributed by atoms with Crippen molar-refractivity contribution in [3.8, 4) is 11.5 Å². The Bertz CT molecular complexity index is 968. The van der Waals surface area contributed by atoms with Crippen LogP contribution in [0, 0.1) is 0 Å². The molecule has 0 spiro atoms. The van der Waals surface area contributed by atoms with Crippen molar-refractivity contribution in [3.05, 3.63) is 40.5 Å². The molecule has 134 valence electrons. The maximum absolute atomic E-state index is 5.32. The summed E-state index contributed by atoms with van der Waals surface area (Å²) in [6.45, 7) is 0. The summed E-state index contributed by atoms with van der Waals surface area (Å²) in [6, 6.07) is 5.67. The van der Waals surface area contributed by atoms with Crippen LogP contribution >= 0.6 is 11.3 Å². The van der Waals surface area contributed by atoms with Crippen LogP contribution in [0.5, 0.6) is 11.5 Å². The molecule has 1 aromatic carbocycles. The van der Waals surface area contributed by atoms with E-state index in [1.54, 1.807) is 38.1 Å². The van der Waals surface area contributed by atoms with Crippen molar-refractivity contribution in [1.82, 2.24) is 9.97 Å². The van der Waals surface area contributed by atoms with E-state index in [1.807, 2.05) is 18.2 Å². The van der Waals surface area contributed by atoms with E-state index >= 15 is 0 Å². The van der Waals surface area contributed by atoms with Crippen LogP contribution in [0.15, 0.2) is 29.6 Å². The van der Waals surface area contributed by atoms with Crippen LogP contribution in [0.4, 0.5) is 5.82 Å². The quantitative estimate of drug-likeness (QED) is 0.544. The van der Waals surface area contributed by atoms with Gasteiger partial charge in [0.2, 0.25) is 0 Å². The largest absolute Gasteiger partial charge is 0.493 e. The molecule has 4 rings (SSSR count). The van der Waals surface area contributed by atoms with E-state index in [2.05, 4.69) is 20.5 Å². The molecule has 0 atom stereocenters. The van der Waals surface area contributed by atoms with E-state index in [1.165, 1.54) is 23.3 Å². The summed E-state index contributed by atoms with van der Waals surface area (Å²) in [7, 11) is 3.24. The Kier molecular flexibility index (Phi) is 4.71. The Labute approximate surface area is 155 Å². The molecule has 3 aromatic rings. The highest BCUT2D eigenvalue weighted by molar-refractivity contribution is 7.19. The predicted octanol–water partition coefficient (Wildman–Crippen LogP) is 4.03. The highest BCUT2D eigenvalue weighted by atomic mass is 32.1.